The number of hydrogen-bond donors (Lipinski definition) is 2. The standard InChI is InChI=1S/C14H18N4O/c15-11-2-1-3-12-13(11)17-14(19-12)16-9-6-7-18(8-9)10-4-5-10/h1-3,9-10H,4-8,15H2,(H,16,17). The van der Waals surface area contributed by atoms with Crippen molar-refractivity contribution in [1.29, 1.82) is 0 Å². The minimum atomic E-state index is 0.440. The van der Waals surface area contributed by atoms with E-state index in [1.165, 1.54) is 19.4 Å². The quantitative estimate of drug-likeness (QED) is 0.825. The first-order valence-electron chi connectivity index (χ1n) is 6.95. The molecule has 0 radical (unpaired) electrons. The van der Waals surface area contributed by atoms with Crippen molar-refractivity contribution < 1.29 is 4.42 Å². The molecule has 5 heteroatoms. The highest BCUT2D eigenvalue weighted by molar-refractivity contribution is 5.86. The van der Waals surface area contributed by atoms with Crippen LogP contribution in [0.4, 0.5) is 11.7 Å². The van der Waals surface area contributed by atoms with Gasteiger partial charge in [-0.05, 0) is 31.4 Å². The fraction of sp³-hybridized carbons (Fsp3) is 0.500. The molecule has 4 rings (SSSR count). The van der Waals surface area contributed by atoms with E-state index in [4.69, 9.17) is 10.2 Å². The third kappa shape index (κ3) is 2.04. The van der Waals surface area contributed by atoms with Crippen molar-refractivity contribution in [3.05, 3.63) is 18.2 Å². The Balaban J connectivity index is 1.50. The summed E-state index contributed by atoms with van der Waals surface area (Å²) in [5.41, 5.74) is 8.06. The van der Waals surface area contributed by atoms with Crippen molar-refractivity contribution in [2.24, 2.45) is 0 Å². The second-order valence-corrected chi connectivity index (χ2v) is 5.57. The Labute approximate surface area is 111 Å². The zero-order valence-electron chi connectivity index (χ0n) is 10.8. The van der Waals surface area contributed by atoms with Crippen molar-refractivity contribution in [2.45, 2.75) is 31.3 Å². The van der Waals surface area contributed by atoms with Gasteiger partial charge in [-0.25, -0.2) is 0 Å². The Morgan fingerprint density at radius 2 is 2.21 bits per heavy atom. The number of nitrogens with zero attached hydrogens (tertiary/aromatic N) is 2. The SMILES string of the molecule is Nc1cccc2oc(NC3CCN(C4CC4)C3)nc12. The first-order chi connectivity index (χ1) is 9.29. The number of nitrogen functional groups attached to an aromatic ring is 1. The summed E-state index contributed by atoms with van der Waals surface area (Å²) in [6, 6.07) is 7.50. The van der Waals surface area contributed by atoms with Gasteiger partial charge in [0.25, 0.3) is 6.01 Å². The number of likely N-dealkylation sites (tertiary alicyclic amines) is 1. The van der Waals surface area contributed by atoms with Gasteiger partial charge >= 0.3 is 0 Å². The average Bonchev–Trinajstić information content (AvgIpc) is 3.00. The Morgan fingerprint density at radius 3 is 3.00 bits per heavy atom. The molecule has 1 atom stereocenters. The number of benzene rings is 1. The Bertz CT molecular complexity index is 605. The van der Waals surface area contributed by atoms with Crippen LogP contribution in [0, 0.1) is 0 Å². The zero-order chi connectivity index (χ0) is 12.8. The van der Waals surface area contributed by atoms with Gasteiger partial charge in [-0.15, -0.1) is 0 Å². The summed E-state index contributed by atoms with van der Waals surface area (Å²) in [6.07, 6.45) is 3.89. The largest absolute Gasteiger partial charge is 0.423 e. The lowest BCUT2D eigenvalue weighted by Gasteiger charge is -2.14. The number of hydrogen-bond acceptors (Lipinski definition) is 5. The molecule has 1 aromatic heterocycles. The van der Waals surface area contributed by atoms with Crippen LogP contribution in [-0.4, -0.2) is 35.1 Å². The van der Waals surface area contributed by atoms with E-state index >= 15 is 0 Å². The number of anilines is 2. The van der Waals surface area contributed by atoms with Gasteiger partial charge in [-0.3, -0.25) is 4.90 Å². The minimum absolute atomic E-state index is 0.440. The molecule has 0 amide bonds. The van der Waals surface area contributed by atoms with E-state index in [0.717, 1.165) is 30.1 Å². The maximum absolute atomic E-state index is 5.89. The summed E-state index contributed by atoms with van der Waals surface area (Å²) >= 11 is 0. The van der Waals surface area contributed by atoms with E-state index in [1.807, 2.05) is 18.2 Å². The van der Waals surface area contributed by atoms with Gasteiger partial charge in [0.2, 0.25) is 0 Å². The summed E-state index contributed by atoms with van der Waals surface area (Å²) < 4.78 is 5.70. The Kier molecular flexibility index (Phi) is 2.41. The molecule has 2 aromatic rings. The predicted octanol–water partition coefficient (Wildman–Crippen LogP) is 2.06. The predicted molar refractivity (Wildman–Crippen MR) is 75.0 cm³/mol. The number of rotatable bonds is 3. The first kappa shape index (κ1) is 11.1. The van der Waals surface area contributed by atoms with E-state index in [9.17, 15) is 0 Å². The summed E-state index contributed by atoms with van der Waals surface area (Å²) in [5.74, 6) is 0. The molecule has 1 saturated carbocycles. The summed E-state index contributed by atoms with van der Waals surface area (Å²) in [5, 5.41) is 3.40. The second kappa shape index (κ2) is 4.13. The second-order valence-electron chi connectivity index (χ2n) is 5.57. The number of aromatic nitrogens is 1. The van der Waals surface area contributed by atoms with Gasteiger partial charge in [-0.1, -0.05) is 6.07 Å². The van der Waals surface area contributed by atoms with Crippen molar-refractivity contribution in [2.75, 3.05) is 24.1 Å². The molecular weight excluding hydrogens is 240 g/mol. The van der Waals surface area contributed by atoms with E-state index in [-0.39, 0.29) is 0 Å². The van der Waals surface area contributed by atoms with Crippen molar-refractivity contribution in [1.82, 2.24) is 9.88 Å². The first-order valence-corrected chi connectivity index (χ1v) is 6.95. The summed E-state index contributed by atoms with van der Waals surface area (Å²) in [7, 11) is 0. The van der Waals surface area contributed by atoms with Crippen LogP contribution in [0.1, 0.15) is 19.3 Å². The Hall–Kier alpha value is -1.75. The fourth-order valence-corrected chi connectivity index (χ4v) is 2.88. The smallest absolute Gasteiger partial charge is 0.296 e. The van der Waals surface area contributed by atoms with Crippen LogP contribution in [0.25, 0.3) is 11.1 Å². The van der Waals surface area contributed by atoms with Crippen LogP contribution >= 0.6 is 0 Å². The maximum atomic E-state index is 5.89. The lowest BCUT2D eigenvalue weighted by atomic mass is 10.3. The van der Waals surface area contributed by atoms with Gasteiger partial charge < -0.3 is 15.5 Å². The minimum Gasteiger partial charge on any atom is -0.423 e. The molecule has 2 fully saturated rings. The lowest BCUT2D eigenvalue weighted by Crippen LogP contribution is -2.27. The van der Waals surface area contributed by atoms with Crippen molar-refractivity contribution >= 4 is 22.8 Å². The monoisotopic (exact) mass is 258 g/mol. The van der Waals surface area contributed by atoms with Gasteiger partial charge in [0.15, 0.2) is 5.58 Å². The van der Waals surface area contributed by atoms with Crippen LogP contribution in [-0.2, 0) is 0 Å². The third-order valence-corrected chi connectivity index (χ3v) is 4.06. The topological polar surface area (TPSA) is 67.3 Å². The molecule has 100 valence electrons. The average molecular weight is 258 g/mol. The fourth-order valence-electron chi connectivity index (χ4n) is 2.88. The van der Waals surface area contributed by atoms with Gasteiger partial charge in [-0.2, -0.15) is 4.98 Å². The number of fused-ring (bicyclic) bond motifs is 1. The molecule has 0 spiro atoms. The summed E-state index contributed by atoms with van der Waals surface area (Å²) in [4.78, 5) is 7.00. The molecule has 1 saturated heterocycles. The molecule has 1 aliphatic heterocycles. The third-order valence-electron chi connectivity index (χ3n) is 4.06. The lowest BCUT2D eigenvalue weighted by molar-refractivity contribution is 0.325. The van der Waals surface area contributed by atoms with E-state index < -0.39 is 0 Å². The van der Waals surface area contributed by atoms with Gasteiger partial charge in [0.1, 0.15) is 5.52 Å². The molecule has 1 aliphatic carbocycles. The Morgan fingerprint density at radius 1 is 1.32 bits per heavy atom. The van der Waals surface area contributed by atoms with Crippen molar-refractivity contribution in [3.8, 4) is 0 Å². The number of para-hydroxylation sites is 1. The molecule has 2 heterocycles. The molecule has 19 heavy (non-hydrogen) atoms. The molecule has 1 unspecified atom stereocenters. The molecule has 3 N–H and O–H groups in total. The van der Waals surface area contributed by atoms with E-state index in [0.29, 0.717) is 17.7 Å². The normalized spacial score (nSPS) is 24.1. The molecule has 1 aromatic carbocycles. The van der Waals surface area contributed by atoms with E-state index in [2.05, 4.69) is 15.2 Å². The van der Waals surface area contributed by atoms with Crippen molar-refractivity contribution in [3.63, 3.8) is 0 Å². The zero-order valence-corrected chi connectivity index (χ0v) is 10.8. The van der Waals surface area contributed by atoms with Crippen LogP contribution in [0.5, 0.6) is 0 Å². The molecular formula is C14H18N4O. The molecule has 0 bridgehead atoms. The maximum Gasteiger partial charge on any atom is 0.296 e. The van der Waals surface area contributed by atoms with E-state index in [1.54, 1.807) is 0 Å². The highest BCUT2D eigenvalue weighted by Gasteiger charge is 2.34. The number of nitrogens with one attached hydrogen (secondary N) is 1. The van der Waals surface area contributed by atoms with Crippen LogP contribution in [0.2, 0.25) is 0 Å². The van der Waals surface area contributed by atoms with Crippen LogP contribution in [0.15, 0.2) is 22.6 Å². The summed E-state index contributed by atoms with van der Waals surface area (Å²) in [6.45, 7) is 2.28. The van der Waals surface area contributed by atoms with Crippen LogP contribution in [0.3, 0.4) is 0 Å². The highest BCUT2D eigenvalue weighted by atomic mass is 16.4. The van der Waals surface area contributed by atoms with Gasteiger partial charge in [0.05, 0.1) is 5.69 Å². The molecule has 2 aliphatic rings. The van der Waals surface area contributed by atoms with Crippen LogP contribution < -0.4 is 11.1 Å². The highest BCUT2D eigenvalue weighted by Crippen LogP contribution is 2.31. The number of oxazole rings is 1. The molecule has 5 nitrogen and oxygen atoms in total. The van der Waals surface area contributed by atoms with Gasteiger partial charge in [0, 0.05) is 25.2 Å². The number of nitrogens with two attached hydrogens (primary N) is 1.